The molecule has 1 aromatic rings. The van der Waals surface area contributed by atoms with Crippen LogP contribution < -0.4 is 5.32 Å². The molecule has 1 heterocycles. The molecule has 6 heteroatoms. The number of carbonyl (C=O) groups excluding carboxylic acids is 1. The molecule has 0 bridgehead atoms. The third kappa shape index (κ3) is 2.51. The number of rotatable bonds is 3. The van der Waals surface area contributed by atoms with Crippen molar-refractivity contribution in [2.45, 2.75) is 13.3 Å². The summed E-state index contributed by atoms with van der Waals surface area (Å²) >= 11 is 0.942. The van der Waals surface area contributed by atoms with E-state index in [0.29, 0.717) is 11.6 Å². The number of carboxylic acid groups (broad SMARTS) is 1. The van der Waals surface area contributed by atoms with Crippen LogP contribution in [0, 0.1) is 0 Å². The Morgan fingerprint density at radius 2 is 2.38 bits per heavy atom. The van der Waals surface area contributed by atoms with E-state index in [1.165, 1.54) is 6.20 Å². The maximum absolute atomic E-state index is 10.9. The molecule has 0 aliphatic carbocycles. The first-order valence-electron chi connectivity index (χ1n) is 3.62. The summed E-state index contributed by atoms with van der Waals surface area (Å²) in [5.41, 5.74) is 0. The molecule has 1 rings (SSSR count). The summed E-state index contributed by atoms with van der Waals surface area (Å²) < 4.78 is 0. The van der Waals surface area contributed by atoms with Gasteiger partial charge in [0, 0.05) is 6.42 Å². The summed E-state index contributed by atoms with van der Waals surface area (Å²) in [6.07, 6.45) is 1.57. The minimum absolute atomic E-state index is 0.117. The number of amides is 1. The van der Waals surface area contributed by atoms with Gasteiger partial charge in [0.25, 0.3) is 0 Å². The first-order valence-corrected chi connectivity index (χ1v) is 4.44. The van der Waals surface area contributed by atoms with Crippen molar-refractivity contribution in [1.29, 1.82) is 0 Å². The molecule has 0 aliphatic rings. The van der Waals surface area contributed by atoms with Gasteiger partial charge in [-0.2, -0.15) is 0 Å². The number of nitrogens with one attached hydrogen (secondary N) is 1. The maximum atomic E-state index is 10.9. The number of nitrogens with zero attached hydrogens (tertiary/aromatic N) is 1. The molecular formula is C7H8N2O3S. The predicted molar refractivity (Wildman–Crippen MR) is 48.0 cm³/mol. The van der Waals surface area contributed by atoms with Crippen molar-refractivity contribution in [2.75, 3.05) is 5.32 Å². The smallest absolute Gasteiger partial charge is 0.347 e. The average molecular weight is 200 g/mol. The maximum Gasteiger partial charge on any atom is 0.347 e. The molecule has 70 valence electrons. The van der Waals surface area contributed by atoms with Crippen LogP contribution in [0.5, 0.6) is 0 Å². The van der Waals surface area contributed by atoms with E-state index in [1.54, 1.807) is 6.92 Å². The Bertz CT molecular complexity index is 334. The zero-order valence-corrected chi connectivity index (χ0v) is 7.72. The van der Waals surface area contributed by atoms with Crippen LogP contribution in [-0.2, 0) is 4.79 Å². The number of anilines is 1. The van der Waals surface area contributed by atoms with Crippen molar-refractivity contribution >= 4 is 28.3 Å². The summed E-state index contributed by atoms with van der Waals surface area (Å²) in [7, 11) is 0. The van der Waals surface area contributed by atoms with Gasteiger partial charge in [-0.15, -0.1) is 0 Å². The number of aromatic carboxylic acids is 1. The fourth-order valence-electron chi connectivity index (χ4n) is 0.638. The van der Waals surface area contributed by atoms with Crippen molar-refractivity contribution < 1.29 is 14.7 Å². The van der Waals surface area contributed by atoms with E-state index < -0.39 is 5.97 Å². The highest BCUT2D eigenvalue weighted by Crippen LogP contribution is 2.17. The Morgan fingerprint density at radius 1 is 1.69 bits per heavy atom. The van der Waals surface area contributed by atoms with E-state index in [-0.39, 0.29) is 10.8 Å². The fourth-order valence-corrected chi connectivity index (χ4v) is 1.31. The number of hydrogen-bond acceptors (Lipinski definition) is 4. The Labute approximate surface area is 78.4 Å². The van der Waals surface area contributed by atoms with Gasteiger partial charge in [0.2, 0.25) is 5.91 Å². The van der Waals surface area contributed by atoms with Crippen molar-refractivity contribution in [1.82, 2.24) is 4.98 Å². The highest BCUT2D eigenvalue weighted by Gasteiger charge is 2.09. The van der Waals surface area contributed by atoms with Crippen LogP contribution in [0.25, 0.3) is 0 Å². The van der Waals surface area contributed by atoms with Crippen LogP contribution in [0.2, 0.25) is 0 Å². The molecule has 0 unspecified atom stereocenters. The molecule has 0 aromatic carbocycles. The van der Waals surface area contributed by atoms with Gasteiger partial charge in [0.05, 0.1) is 6.20 Å². The molecule has 13 heavy (non-hydrogen) atoms. The van der Waals surface area contributed by atoms with Crippen molar-refractivity contribution in [2.24, 2.45) is 0 Å². The van der Waals surface area contributed by atoms with Gasteiger partial charge in [-0.05, 0) is 0 Å². The van der Waals surface area contributed by atoms with Crippen LogP contribution >= 0.6 is 11.3 Å². The van der Waals surface area contributed by atoms with Crippen LogP contribution in [0.1, 0.15) is 23.0 Å². The second-order valence-corrected chi connectivity index (χ2v) is 3.27. The summed E-state index contributed by atoms with van der Waals surface area (Å²) in [5, 5.41) is 11.3. The molecule has 0 fully saturated rings. The molecule has 1 aromatic heterocycles. The van der Waals surface area contributed by atoms with Crippen molar-refractivity contribution in [3.63, 3.8) is 0 Å². The molecule has 0 radical (unpaired) electrons. The Morgan fingerprint density at radius 3 is 2.85 bits per heavy atom. The third-order valence-electron chi connectivity index (χ3n) is 1.28. The van der Waals surface area contributed by atoms with Gasteiger partial charge >= 0.3 is 5.97 Å². The fraction of sp³-hybridized carbons (Fsp3) is 0.286. The van der Waals surface area contributed by atoms with E-state index in [0.717, 1.165) is 11.3 Å². The molecule has 0 spiro atoms. The van der Waals surface area contributed by atoms with Crippen molar-refractivity contribution in [3.05, 3.63) is 11.1 Å². The predicted octanol–water partition coefficient (Wildman–Crippen LogP) is 1.19. The van der Waals surface area contributed by atoms with Gasteiger partial charge in [0.1, 0.15) is 4.88 Å². The number of thiazole rings is 1. The molecular weight excluding hydrogens is 192 g/mol. The van der Waals surface area contributed by atoms with Crippen LogP contribution in [0.15, 0.2) is 6.20 Å². The lowest BCUT2D eigenvalue weighted by Crippen LogP contribution is -2.08. The van der Waals surface area contributed by atoms with E-state index >= 15 is 0 Å². The minimum Gasteiger partial charge on any atom is -0.477 e. The average Bonchev–Trinajstić information content (AvgIpc) is 2.52. The number of hydrogen-bond donors (Lipinski definition) is 2. The summed E-state index contributed by atoms with van der Waals surface area (Å²) in [6.45, 7) is 1.71. The lowest BCUT2D eigenvalue weighted by atomic mass is 10.5. The van der Waals surface area contributed by atoms with Gasteiger partial charge in [-0.25, -0.2) is 9.78 Å². The van der Waals surface area contributed by atoms with Crippen molar-refractivity contribution in [3.8, 4) is 0 Å². The number of carbonyl (C=O) groups is 2. The largest absolute Gasteiger partial charge is 0.477 e. The van der Waals surface area contributed by atoms with E-state index in [9.17, 15) is 9.59 Å². The van der Waals surface area contributed by atoms with E-state index in [2.05, 4.69) is 10.3 Å². The van der Waals surface area contributed by atoms with Crippen LogP contribution in [0.4, 0.5) is 5.13 Å². The minimum atomic E-state index is -1.03. The van der Waals surface area contributed by atoms with Crippen LogP contribution in [-0.4, -0.2) is 22.0 Å². The third-order valence-corrected chi connectivity index (χ3v) is 2.18. The standard InChI is InChI=1S/C7H8N2O3S/c1-2-5(10)9-7-8-3-4(13-7)6(11)12/h3H,2H2,1H3,(H,11,12)(H,8,9,10). The molecule has 5 nitrogen and oxygen atoms in total. The second kappa shape index (κ2) is 3.99. The monoisotopic (exact) mass is 200 g/mol. The van der Waals surface area contributed by atoms with Gasteiger partial charge in [-0.3, -0.25) is 4.79 Å². The van der Waals surface area contributed by atoms with Gasteiger partial charge in [0.15, 0.2) is 5.13 Å². The lowest BCUT2D eigenvalue weighted by Gasteiger charge is -1.95. The Hall–Kier alpha value is -1.43. The second-order valence-electron chi connectivity index (χ2n) is 2.24. The Balaban J connectivity index is 2.69. The molecule has 1 amide bonds. The highest BCUT2D eigenvalue weighted by molar-refractivity contribution is 7.17. The SMILES string of the molecule is CCC(=O)Nc1ncc(C(=O)O)s1. The molecule has 0 aliphatic heterocycles. The molecule has 0 saturated carbocycles. The first-order chi connectivity index (χ1) is 6.13. The molecule has 0 atom stereocenters. The molecule has 0 saturated heterocycles. The highest BCUT2D eigenvalue weighted by atomic mass is 32.1. The zero-order chi connectivity index (χ0) is 9.84. The number of carboxylic acids is 1. The van der Waals surface area contributed by atoms with Gasteiger partial charge in [-0.1, -0.05) is 18.3 Å². The molecule has 2 N–H and O–H groups in total. The summed E-state index contributed by atoms with van der Waals surface area (Å²) in [6, 6.07) is 0. The lowest BCUT2D eigenvalue weighted by molar-refractivity contribution is -0.115. The van der Waals surface area contributed by atoms with E-state index in [4.69, 9.17) is 5.11 Å². The first kappa shape index (κ1) is 9.66. The summed E-state index contributed by atoms with van der Waals surface area (Å²) in [5.74, 6) is -1.21. The quantitative estimate of drug-likeness (QED) is 0.768. The van der Waals surface area contributed by atoms with E-state index in [1.807, 2.05) is 0 Å². The number of aromatic nitrogens is 1. The summed E-state index contributed by atoms with van der Waals surface area (Å²) in [4.78, 5) is 25.1. The van der Waals surface area contributed by atoms with Gasteiger partial charge < -0.3 is 10.4 Å². The Kier molecular flexibility index (Phi) is 2.97. The van der Waals surface area contributed by atoms with Crippen LogP contribution in [0.3, 0.4) is 0 Å². The zero-order valence-electron chi connectivity index (χ0n) is 6.90. The normalized spacial score (nSPS) is 9.62. The topological polar surface area (TPSA) is 79.3 Å².